The highest BCUT2D eigenvalue weighted by Gasteiger charge is 2.43. The number of amides is 1. The molecule has 0 aromatic heterocycles. The molecule has 0 radical (unpaired) electrons. The molecule has 0 unspecified atom stereocenters. The van der Waals surface area contributed by atoms with Crippen LogP contribution in [-0.2, 0) is 16.0 Å². The second kappa shape index (κ2) is 14.9. The summed E-state index contributed by atoms with van der Waals surface area (Å²) in [5.74, 6) is 0.973. The first-order valence-corrected chi connectivity index (χ1v) is 17.3. The molecule has 0 bridgehead atoms. The van der Waals surface area contributed by atoms with Crippen LogP contribution in [0.4, 0.5) is 4.79 Å². The molecule has 2 heterocycles. The molecule has 238 valence electrons. The molecule has 44 heavy (non-hydrogen) atoms. The molecule has 4 fully saturated rings. The Balaban J connectivity index is 1.06. The van der Waals surface area contributed by atoms with Crippen molar-refractivity contribution in [3.05, 3.63) is 71.8 Å². The summed E-state index contributed by atoms with van der Waals surface area (Å²) in [6.07, 6.45) is 10.6. The number of aliphatic carboxylic acids is 1. The van der Waals surface area contributed by atoms with Gasteiger partial charge in [0.15, 0.2) is 0 Å². The van der Waals surface area contributed by atoms with Crippen molar-refractivity contribution in [2.75, 3.05) is 45.9 Å². The van der Waals surface area contributed by atoms with E-state index >= 15 is 0 Å². The van der Waals surface area contributed by atoms with Gasteiger partial charge in [-0.05, 0) is 67.4 Å². The molecular weight excluding hydrogens is 550 g/mol. The van der Waals surface area contributed by atoms with E-state index in [1.807, 2.05) is 23.1 Å². The van der Waals surface area contributed by atoms with Crippen molar-refractivity contribution in [3.63, 3.8) is 0 Å². The Morgan fingerprint density at radius 1 is 0.864 bits per heavy atom. The van der Waals surface area contributed by atoms with E-state index in [4.69, 9.17) is 4.74 Å². The van der Waals surface area contributed by atoms with Gasteiger partial charge < -0.3 is 19.6 Å². The number of hydrogen-bond acceptors (Lipinski definition) is 5. The molecule has 2 aliphatic carbocycles. The molecule has 0 spiro atoms. The first-order chi connectivity index (χ1) is 21.5. The van der Waals surface area contributed by atoms with Gasteiger partial charge in [-0.25, -0.2) is 4.79 Å². The second-order valence-corrected chi connectivity index (χ2v) is 13.9. The second-order valence-electron chi connectivity index (χ2n) is 13.9. The SMILES string of the molecule is O=C(O)[C@@H](C1CCCCC1)N1C[C@H](CN2CCC(N(CC3CC3)C(=O)OCCc3ccccc3)CC2)[C@@H](c2ccccc2)C1. The van der Waals surface area contributed by atoms with E-state index in [-0.39, 0.29) is 24.1 Å². The van der Waals surface area contributed by atoms with Crippen molar-refractivity contribution in [1.29, 1.82) is 0 Å². The quantitative estimate of drug-likeness (QED) is 0.308. The highest BCUT2D eigenvalue weighted by molar-refractivity contribution is 5.74. The Morgan fingerprint density at radius 3 is 2.20 bits per heavy atom. The van der Waals surface area contributed by atoms with Gasteiger partial charge in [-0.1, -0.05) is 79.9 Å². The van der Waals surface area contributed by atoms with Gasteiger partial charge in [0.25, 0.3) is 0 Å². The Morgan fingerprint density at radius 2 is 1.55 bits per heavy atom. The molecule has 7 heteroatoms. The molecule has 2 aromatic carbocycles. The zero-order valence-corrected chi connectivity index (χ0v) is 26.3. The minimum Gasteiger partial charge on any atom is -0.480 e. The van der Waals surface area contributed by atoms with Crippen molar-refractivity contribution in [1.82, 2.24) is 14.7 Å². The van der Waals surface area contributed by atoms with Crippen LogP contribution in [0, 0.1) is 17.8 Å². The van der Waals surface area contributed by atoms with Crippen molar-refractivity contribution < 1.29 is 19.4 Å². The largest absolute Gasteiger partial charge is 0.480 e. The molecule has 6 rings (SSSR count). The minimum absolute atomic E-state index is 0.149. The number of carbonyl (C=O) groups is 2. The van der Waals surface area contributed by atoms with Gasteiger partial charge in [-0.2, -0.15) is 0 Å². The summed E-state index contributed by atoms with van der Waals surface area (Å²) in [5.41, 5.74) is 2.52. The van der Waals surface area contributed by atoms with Crippen LogP contribution in [0.25, 0.3) is 0 Å². The molecule has 1 amide bonds. The molecule has 2 saturated heterocycles. The maximum atomic E-state index is 13.3. The van der Waals surface area contributed by atoms with E-state index in [2.05, 4.69) is 52.3 Å². The van der Waals surface area contributed by atoms with Crippen LogP contribution in [0.2, 0.25) is 0 Å². The van der Waals surface area contributed by atoms with E-state index in [1.165, 1.54) is 30.4 Å². The highest BCUT2D eigenvalue weighted by atomic mass is 16.6. The number of likely N-dealkylation sites (tertiary alicyclic amines) is 2. The fourth-order valence-electron chi connectivity index (χ4n) is 8.18. The third kappa shape index (κ3) is 8.02. The number of carboxylic acids is 1. The molecule has 7 nitrogen and oxygen atoms in total. The summed E-state index contributed by atoms with van der Waals surface area (Å²) in [5, 5.41) is 10.4. The molecule has 1 N–H and O–H groups in total. The third-order valence-corrected chi connectivity index (χ3v) is 10.8. The topological polar surface area (TPSA) is 73.3 Å². The predicted octanol–water partition coefficient (Wildman–Crippen LogP) is 6.29. The van der Waals surface area contributed by atoms with Gasteiger partial charge in [-0.15, -0.1) is 0 Å². The van der Waals surface area contributed by atoms with E-state index < -0.39 is 5.97 Å². The van der Waals surface area contributed by atoms with Crippen LogP contribution < -0.4 is 0 Å². The lowest BCUT2D eigenvalue weighted by Crippen LogP contribution is -2.49. The molecule has 2 aliphatic heterocycles. The van der Waals surface area contributed by atoms with E-state index in [0.29, 0.717) is 24.4 Å². The highest BCUT2D eigenvalue weighted by Crippen LogP contribution is 2.39. The van der Waals surface area contributed by atoms with Gasteiger partial charge in [0.2, 0.25) is 0 Å². The summed E-state index contributed by atoms with van der Waals surface area (Å²) in [7, 11) is 0. The van der Waals surface area contributed by atoms with Crippen LogP contribution in [-0.4, -0.2) is 89.8 Å². The number of nitrogens with zero attached hydrogens (tertiary/aromatic N) is 3. The normalized spacial score (nSPS) is 24.6. The summed E-state index contributed by atoms with van der Waals surface area (Å²) in [6, 6.07) is 20.8. The van der Waals surface area contributed by atoms with E-state index in [9.17, 15) is 14.7 Å². The lowest BCUT2D eigenvalue weighted by atomic mass is 9.83. The van der Waals surface area contributed by atoms with Gasteiger partial charge in [-0.3, -0.25) is 9.69 Å². The predicted molar refractivity (Wildman–Crippen MR) is 173 cm³/mol. The summed E-state index contributed by atoms with van der Waals surface area (Å²) in [4.78, 5) is 32.8. The monoisotopic (exact) mass is 601 g/mol. The number of carboxylic acid groups (broad SMARTS) is 1. The van der Waals surface area contributed by atoms with Gasteiger partial charge in [0.1, 0.15) is 6.04 Å². The Hall–Kier alpha value is -2.90. The van der Waals surface area contributed by atoms with Crippen molar-refractivity contribution in [2.24, 2.45) is 17.8 Å². The van der Waals surface area contributed by atoms with Crippen molar-refractivity contribution >= 4 is 12.1 Å². The van der Waals surface area contributed by atoms with Crippen LogP contribution >= 0.6 is 0 Å². The zero-order valence-electron chi connectivity index (χ0n) is 26.3. The average Bonchev–Trinajstić information content (AvgIpc) is 3.79. The van der Waals surface area contributed by atoms with Gasteiger partial charge in [0, 0.05) is 57.6 Å². The first kappa shape index (κ1) is 31.1. The molecule has 2 saturated carbocycles. The Labute approximate surface area is 263 Å². The van der Waals surface area contributed by atoms with Crippen LogP contribution in [0.15, 0.2) is 60.7 Å². The van der Waals surface area contributed by atoms with Crippen molar-refractivity contribution in [3.8, 4) is 0 Å². The van der Waals surface area contributed by atoms with E-state index in [1.54, 1.807) is 0 Å². The first-order valence-electron chi connectivity index (χ1n) is 17.3. The zero-order chi connectivity index (χ0) is 30.3. The lowest BCUT2D eigenvalue weighted by molar-refractivity contribution is -0.145. The molecule has 2 aromatic rings. The lowest BCUT2D eigenvalue weighted by Gasteiger charge is -2.39. The average molecular weight is 602 g/mol. The molecule has 4 aliphatic rings. The Kier molecular flexibility index (Phi) is 10.5. The van der Waals surface area contributed by atoms with Crippen molar-refractivity contribution in [2.45, 2.75) is 82.2 Å². The maximum Gasteiger partial charge on any atom is 0.410 e. The van der Waals surface area contributed by atoms with Crippen LogP contribution in [0.5, 0.6) is 0 Å². The summed E-state index contributed by atoms with van der Waals surface area (Å²) >= 11 is 0. The number of carbonyl (C=O) groups excluding carboxylic acids is 1. The summed E-state index contributed by atoms with van der Waals surface area (Å²) < 4.78 is 5.81. The maximum absolute atomic E-state index is 13.3. The fraction of sp³-hybridized carbons (Fsp3) is 0.622. The van der Waals surface area contributed by atoms with E-state index in [0.717, 1.165) is 84.2 Å². The molecular formula is C37H51N3O4. The number of piperidine rings is 1. The standard InChI is InChI=1S/C37H51N3O4/c41-36(42)35(31-14-8-3-9-15-31)39-26-32(34(27-39)30-12-6-2-7-13-30)25-38-21-18-33(19-22-38)40(24-29-16-17-29)37(43)44-23-20-28-10-4-1-5-11-28/h1-2,4-7,10-13,29,31-35H,3,8-9,14-27H2,(H,41,42)/t32-,34+,35+/m0/s1. The number of ether oxygens (including phenoxy) is 1. The van der Waals surface area contributed by atoms with Crippen LogP contribution in [0.3, 0.4) is 0 Å². The smallest absolute Gasteiger partial charge is 0.410 e. The minimum atomic E-state index is -0.642. The fourth-order valence-corrected chi connectivity index (χ4v) is 8.18. The Bertz CT molecular complexity index is 1190. The third-order valence-electron chi connectivity index (χ3n) is 10.8. The van der Waals surface area contributed by atoms with Crippen LogP contribution in [0.1, 0.15) is 74.8 Å². The number of benzene rings is 2. The number of rotatable bonds is 12. The summed E-state index contributed by atoms with van der Waals surface area (Å²) in [6.45, 7) is 5.81. The van der Waals surface area contributed by atoms with Gasteiger partial charge >= 0.3 is 12.1 Å². The number of hydrogen-bond donors (Lipinski definition) is 1. The molecule has 3 atom stereocenters. The van der Waals surface area contributed by atoms with Gasteiger partial charge in [0.05, 0.1) is 6.61 Å².